The Morgan fingerprint density at radius 1 is 1.29 bits per heavy atom. The van der Waals surface area contributed by atoms with Gasteiger partial charge in [0.15, 0.2) is 5.65 Å². The minimum atomic E-state index is -0.416. The number of ether oxygens (including phenoxy) is 1. The van der Waals surface area contributed by atoms with E-state index in [-0.39, 0.29) is 24.6 Å². The van der Waals surface area contributed by atoms with Crippen LogP contribution in [-0.4, -0.2) is 44.2 Å². The number of hydrogen-bond acceptors (Lipinski definition) is 6. The summed E-state index contributed by atoms with van der Waals surface area (Å²) in [6.07, 6.45) is 5.03. The molecule has 2 aliphatic rings. The number of nitrogens with one attached hydrogen (secondary N) is 1. The summed E-state index contributed by atoms with van der Waals surface area (Å²) in [5.74, 6) is 0.465. The van der Waals surface area contributed by atoms with E-state index in [0.29, 0.717) is 29.2 Å². The molecule has 0 aliphatic carbocycles. The first kappa shape index (κ1) is 16.9. The van der Waals surface area contributed by atoms with Crippen LogP contribution in [0.5, 0.6) is 5.88 Å². The first-order valence-electron chi connectivity index (χ1n) is 9.23. The number of pyridine rings is 1. The van der Waals surface area contributed by atoms with E-state index in [1.54, 1.807) is 4.52 Å². The number of anilines is 1. The van der Waals surface area contributed by atoms with Crippen molar-refractivity contribution >= 4 is 17.4 Å². The highest BCUT2D eigenvalue weighted by atomic mass is 19.1. The molecule has 2 atom stereocenters. The summed E-state index contributed by atoms with van der Waals surface area (Å²) in [7, 11) is 0. The minimum Gasteiger partial charge on any atom is -0.473 e. The molecule has 0 saturated carbocycles. The number of nitrogens with zero attached hydrogens (tertiary/aromatic N) is 5. The predicted octanol–water partition coefficient (Wildman–Crippen LogP) is 1.73. The van der Waals surface area contributed by atoms with Crippen molar-refractivity contribution in [2.24, 2.45) is 0 Å². The Labute approximate surface area is 160 Å². The molecule has 0 spiro atoms. The highest BCUT2D eigenvalue weighted by Gasteiger charge is 2.31. The molecule has 2 unspecified atom stereocenters. The Morgan fingerprint density at radius 2 is 2.14 bits per heavy atom. The summed E-state index contributed by atoms with van der Waals surface area (Å²) in [5.41, 5.74) is 2.59. The normalized spacial score (nSPS) is 21.5. The van der Waals surface area contributed by atoms with E-state index >= 15 is 0 Å². The summed E-state index contributed by atoms with van der Waals surface area (Å²) >= 11 is 0. The fourth-order valence-electron chi connectivity index (χ4n) is 3.80. The van der Waals surface area contributed by atoms with Gasteiger partial charge in [0.05, 0.1) is 25.5 Å². The molecule has 3 aromatic rings. The largest absolute Gasteiger partial charge is 0.473 e. The lowest BCUT2D eigenvalue weighted by Gasteiger charge is -2.25. The Morgan fingerprint density at radius 3 is 3.00 bits per heavy atom. The molecule has 0 aromatic carbocycles. The summed E-state index contributed by atoms with van der Waals surface area (Å²) < 4.78 is 21.5. The molecular formula is C19H19FN6O2. The minimum absolute atomic E-state index is 0.158. The number of amides is 1. The van der Waals surface area contributed by atoms with Crippen LogP contribution < -0.4 is 15.0 Å². The van der Waals surface area contributed by atoms with E-state index in [4.69, 9.17) is 9.72 Å². The van der Waals surface area contributed by atoms with Crippen LogP contribution in [0.2, 0.25) is 0 Å². The Kier molecular flexibility index (Phi) is 3.71. The number of fused-ring (bicyclic) bond motifs is 1. The highest BCUT2D eigenvalue weighted by molar-refractivity contribution is 5.99. The third kappa shape index (κ3) is 2.65. The number of hydrogen-bond donors (Lipinski definition) is 1. The Balaban J connectivity index is 1.68. The molecular weight excluding hydrogens is 363 g/mol. The van der Waals surface area contributed by atoms with Crippen LogP contribution in [0.1, 0.15) is 35.3 Å². The van der Waals surface area contributed by atoms with Crippen molar-refractivity contribution in [2.75, 3.05) is 11.4 Å². The second-order valence-electron chi connectivity index (χ2n) is 7.35. The second-order valence-corrected chi connectivity index (χ2v) is 7.35. The van der Waals surface area contributed by atoms with E-state index in [1.807, 2.05) is 13.1 Å². The van der Waals surface area contributed by atoms with Crippen molar-refractivity contribution in [3.63, 3.8) is 0 Å². The van der Waals surface area contributed by atoms with Crippen molar-refractivity contribution in [1.29, 1.82) is 0 Å². The van der Waals surface area contributed by atoms with Crippen molar-refractivity contribution in [3.05, 3.63) is 47.2 Å². The van der Waals surface area contributed by atoms with Crippen LogP contribution in [0.15, 0.2) is 24.7 Å². The van der Waals surface area contributed by atoms with Gasteiger partial charge in [-0.3, -0.25) is 4.79 Å². The number of halogens is 1. The van der Waals surface area contributed by atoms with Crippen LogP contribution in [0, 0.1) is 5.82 Å². The van der Waals surface area contributed by atoms with E-state index in [2.05, 4.69) is 27.2 Å². The van der Waals surface area contributed by atoms with E-state index in [0.717, 1.165) is 24.0 Å². The van der Waals surface area contributed by atoms with Gasteiger partial charge in [0.1, 0.15) is 23.3 Å². The van der Waals surface area contributed by atoms with Crippen molar-refractivity contribution in [1.82, 2.24) is 24.9 Å². The van der Waals surface area contributed by atoms with E-state index in [1.165, 1.54) is 12.3 Å². The number of rotatable bonds is 0. The van der Waals surface area contributed by atoms with E-state index < -0.39 is 5.82 Å². The molecule has 3 aromatic heterocycles. The van der Waals surface area contributed by atoms with Gasteiger partial charge in [-0.25, -0.2) is 18.9 Å². The van der Waals surface area contributed by atoms with Crippen LogP contribution in [-0.2, 0) is 13.0 Å². The lowest BCUT2D eigenvalue weighted by Crippen LogP contribution is -2.34. The van der Waals surface area contributed by atoms with Crippen LogP contribution in [0.4, 0.5) is 10.2 Å². The summed E-state index contributed by atoms with van der Waals surface area (Å²) in [6, 6.07) is 1.60. The first-order valence-corrected chi connectivity index (χ1v) is 9.23. The fourth-order valence-corrected chi connectivity index (χ4v) is 3.80. The average molecular weight is 382 g/mol. The molecule has 0 saturated heterocycles. The topological polar surface area (TPSA) is 84.7 Å². The van der Waals surface area contributed by atoms with Gasteiger partial charge in [0, 0.05) is 23.4 Å². The van der Waals surface area contributed by atoms with Gasteiger partial charge < -0.3 is 15.0 Å². The van der Waals surface area contributed by atoms with Crippen LogP contribution in [0.25, 0.3) is 5.65 Å². The number of aromatic nitrogens is 4. The number of carbonyl (C=O) groups excluding carboxylic acids is 1. The SMILES string of the molecule is CC1CNC(=O)c2cnn3cc4c(nc23)N(Cc2cc(F)cnc2O1)C(C)C4. The molecule has 28 heavy (non-hydrogen) atoms. The molecule has 1 N–H and O–H groups in total. The summed E-state index contributed by atoms with van der Waals surface area (Å²) in [5, 5.41) is 7.13. The van der Waals surface area contributed by atoms with Crippen LogP contribution in [0.3, 0.4) is 0 Å². The maximum Gasteiger partial charge on any atom is 0.256 e. The molecule has 2 bridgehead atoms. The first-order chi connectivity index (χ1) is 13.5. The summed E-state index contributed by atoms with van der Waals surface area (Å²) in [4.78, 5) is 23.6. The predicted molar refractivity (Wildman–Crippen MR) is 99.0 cm³/mol. The molecule has 0 radical (unpaired) electrons. The molecule has 0 fully saturated rings. The standard InChI is InChI=1S/C19H19FN6O2/c1-10-3-12-9-26-17-15(7-23-26)18(27)21-5-11(2)28-19-13(4-14(20)6-22-19)8-25(10)16(12)24-17/h4,6-7,9-11H,3,5,8H2,1-2H3,(H,21,27). The molecule has 1 amide bonds. The quantitative estimate of drug-likeness (QED) is 0.637. The monoisotopic (exact) mass is 382 g/mol. The van der Waals surface area contributed by atoms with Gasteiger partial charge in [0.25, 0.3) is 5.91 Å². The summed E-state index contributed by atoms with van der Waals surface area (Å²) in [6.45, 7) is 4.61. The second kappa shape index (κ2) is 6.15. The van der Waals surface area contributed by atoms with Crippen molar-refractivity contribution < 1.29 is 13.9 Å². The zero-order valence-corrected chi connectivity index (χ0v) is 15.5. The fraction of sp³-hybridized carbons (Fsp3) is 0.368. The maximum atomic E-state index is 13.9. The zero-order chi connectivity index (χ0) is 19.4. The van der Waals surface area contributed by atoms with E-state index in [9.17, 15) is 9.18 Å². The third-order valence-electron chi connectivity index (χ3n) is 5.21. The molecule has 8 nitrogen and oxygen atoms in total. The lowest BCUT2D eigenvalue weighted by molar-refractivity contribution is 0.0932. The van der Waals surface area contributed by atoms with Crippen molar-refractivity contribution in [2.45, 2.75) is 39.0 Å². The van der Waals surface area contributed by atoms with Gasteiger partial charge >= 0.3 is 0 Å². The van der Waals surface area contributed by atoms with Crippen LogP contribution >= 0.6 is 0 Å². The third-order valence-corrected chi connectivity index (χ3v) is 5.21. The smallest absolute Gasteiger partial charge is 0.256 e. The molecule has 5 rings (SSSR count). The number of carbonyl (C=O) groups is 1. The van der Waals surface area contributed by atoms with Gasteiger partial charge in [-0.1, -0.05) is 0 Å². The average Bonchev–Trinajstić information content (AvgIpc) is 3.20. The molecule has 2 aliphatic heterocycles. The molecule has 144 valence electrons. The van der Waals surface area contributed by atoms with Gasteiger partial charge in [-0.2, -0.15) is 5.10 Å². The zero-order valence-electron chi connectivity index (χ0n) is 15.5. The maximum absolute atomic E-state index is 13.9. The Bertz CT molecular complexity index is 1100. The lowest BCUT2D eigenvalue weighted by atomic mass is 10.2. The van der Waals surface area contributed by atoms with Crippen molar-refractivity contribution in [3.8, 4) is 5.88 Å². The van der Waals surface area contributed by atoms with Gasteiger partial charge in [-0.05, 0) is 26.3 Å². The van der Waals surface area contributed by atoms with Gasteiger partial charge in [0.2, 0.25) is 5.88 Å². The molecule has 5 heterocycles. The van der Waals surface area contributed by atoms with Gasteiger partial charge in [-0.15, -0.1) is 0 Å². The molecule has 9 heteroatoms. The highest BCUT2D eigenvalue weighted by Crippen LogP contribution is 2.34. The Hall–Kier alpha value is -3.23.